The maximum Gasteiger partial charge on any atom is 0.293 e. The molecular formula is C17H19N3O4. The van der Waals surface area contributed by atoms with E-state index in [0.717, 1.165) is 5.56 Å². The number of fused-ring (bicyclic) bond motifs is 1. The summed E-state index contributed by atoms with van der Waals surface area (Å²) in [5.74, 6) is 0.0823. The molecule has 1 N–H and O–H groups in total. The van der Waals surface area contributed by atoms with Crippen molar-refractivity contribution in [2.45, 2.75) is 26.8 Å². The van der Waals surface area contributed by atoms with E-state index in [4.69, 9.17) is 9.47 Å². The summed E-state index contributed by atoms with van der Waals surface area (Å²) in [6.45, 7) is 5.49. The summed E-state index contributed by atoms with van der Waals surface area (Å²) in [6, 6.07) is 5.09. The number of amides is 1. The van der Waals surface area contributed by atoms with E-state index < -0.39 is 11.7 Å². The number of Topliss-reactive ketones (excluding diaryl/α,β-unsaturated/α-hetero) is 1. The van der Waals surface area contributed by atoms with Crippen molar-refractivity contribution in [2.75, 3.05) is 6.79 Å². The van der Waals surface area contributed by atoms with Gasteiger partial charge in [0.05, 0.1) is 17.3 Å². The molecule has 1 amide bonds. The third-order valence-electron chi connectivity index (χ3n) is 4.19. The number of hydrogen-bond donors (Lipinski definition) is 1. The lowest BCUT2D eigenvalue weighted by atomic mass is 10.1. The lowest BCUT2D eigenvalue weighted by Crippen LogP contribution is -2.33. The number of benzene rings is 1. The van der Waals surface area contributed by atoms with Crippen LogP contribution < -0.4 is 14.8 Å². The molecule has 0 bridgehead atoms. The van der Waals surface area contributed by atoms with Gasteiger partial charge in [0.15, 0.2) is 11.5 Å². The number of ketones is 1. The molecule has 126 valence electrons. The minimum atomic E-state index is -0.653. The number of carbonyl (C=O) groups is 2. The molecule has 1 aromatic carbocycles. The Balaban J connectivity index is 1.75. The highest BCUT2D eigenvalue weighted by Gasteiger charge is 2.25. The normalized spacial score (nSPS) is 13.7. The van der Waals surface area contributed by atoms with Crippen LogP contribution in [0.25, 0.3) is 0 Å². The first kappa shape index (κ1) is 16.0. The number of hydrogen-bond acceptors (Lipinski definition) is 5. The molecule has 0 aliphatic carbocycles. The van der Waals surface area contributed by atoms with E-state index in [1.807, 2.05) is 13.0 Å². The fourth-order valence-corrected chi connectivity index (χ4v) is 2.74. The predicted molar refractivity (Wildman–Crippen MR) is 86.1 cm³/mol. The van der Waals surface area contributed by atoms with E-state index in [1.165, 1.54) is 0 Å². The molecule has 0 radical (unpaired) electrons. The lowest BCUT2D eigenvalue weighted by molar-refractivity contribution is -0.117. The van der Waals surface area contributed by atoms with E-state index in [9.17, 15) is 9.59 Å². The molecule has 0 fully saturated rings. The largest absolute Gasteiger partial charge is 0.454 e. The van der Waals surface area contributed by atoms with Crippen LogP contribution in [0.3, 0.4) is 0 Å². The molecule has 7 heteroatoms. The number of carbonyl (C=O) groups excluding carboxylic acids is 2. The Hall–Kier alpha value is -2.83. The first-order valence-corrected chi connectivity index (χ1v) is 7.63. The topological polar surface area (TPSA) is 82.5 Å². The Morgan fingerprint density at radius 2 is 1.96 bits per heavy atom. The number of rotatable bonds is 4. The van der Waals surface area contributed by atoms with E-state index in [1.54, 1.807) is 37.7 Å². The van der Waals surface area contributed by atoms with Gasteiger partial charge in [0, 0.05) is 12.7 Å². The number of ether oxygens (including phenoxy) is 2. The van der Waals surface area contributed by atoms with Crippen molar-refractivity contribution in [3.8, 4) is 11.5 Å². The average Bonchev–Trinajstić information content (AvgIpc) is 3.10. The average molecular weight is 329 g/mol. The zero-order chi connectivity index (χ0) is 17.4. The quantitative estimate of drug-likeness (QED) is 0.683. The molecule has 1 aliphatic rings. The molecule has 0 saturated carbocycles. The molecule has 2 heterocycles. The Kier molecular flexibility index (Phi) is 4.01. The number of aryl methyl sites for hydroxylation is 2. The molecule has 24 heavy (non-hydrogen) atoms. The number of nitrogens with zero attached hydrogens (tertiary/aromatic N) is 2. The van der Waals surface area contributed by atoms with Gasteiger partial charge in [-0.15, -0.1) is 0 Å². The highest BCUT2D eigenvalue weighted by molar-refractivity contribution is 6.43. The second-order valence-corrected chi connectivity index (χ2v) is 5.81. The smallest absolute Gasteiger partial charge is 0.293 e. The summed E-state index contributed by atoms with van der Waals surface area (Å²) in [5, 5.41) is 6.90. The van der Waals surface area contributed by atoms with Gasteiger partial charge in [-0.2, -0.15) is 5.10 Å². The van der Waals surface area contributed by atoms with Gasteiger partial charge >= 0.3 is 0 Å². The molecule has 1 unspecified atom stereocenters. The fraction of sp³-hybridized carbons (Fsp3) is 0.353. The summed E-state index contributed by atoms with van der Waals surface area (Å²) in [5.41, 5.74) is 2.40. The maximum atomic E-state index is 12.4. The van der Waals surface area contributed by atoms with Crippen molar-refractivity contribution >= 4 is 11.7 Å². The van der Waals surface area contributed by atoms with Crippen LogP contribution in [0.5, 0.6) is 11.5 Å². The maximum absolute atomic E-state index is 12.4. The Morgan fingerprint density at radius 3 is 2.62 bits per heavy atom. The zero-order valence-electron chi connectivity index (χ0n) is 14.0. The summed E-state index contributed by atoms with van der Waals surface area (Å²) in [4.78, 5) is 24.8. The lowest BCUT2D eigenvalue weighted by Gasteiger charge is -2.14. The number of aromatic nitrogens is 2. The third-order valence-corrected chi connectivity index (χ3v) is 4.19. The first-order chi connectivity index (χ1) is 11.4. The monoisotopic (exact) mass is 329 g/mol. The van der Waals surface area contributed by atoms with Crippen LogP contribution in [0, 0.1) is 13.8 Å². The van der Waals surface area contributed by atoms with Gasteiger partial charge < -0.3 is 14.8 Å². The van der Waals surface area contributed by atoms with Crippen molar-refractivity contribution in [3.05, 3.63) is 40.7 Å². The highest BCUT2D eigenvalue weighted by atomic mass is 16.7. The molecule has 1 atom stereocenters. The number of nitrogens with one attached hydrogen (secondary N) is 1. The van der Waals surface area contributed by atoms with Crippen molar-refractivity contribution < 1.29 is 19.1 Å². The van der Waals surface area contributed by atoms with Gasteiger partial charge in [0.2, 0.25) is 6.79 Å². The molecule has 1 aliphatic heterocycles. The van der Waals surface area contributed by atoms with Crippen LogP contribution in [-0.2, 0) is 11.8 Å². The van der Waals surface area contributed by atoms with Crippen molar-refractivity contribution in [1.82, 2.24) is 15.1 Å². The van der Waals surface area contributed by atoms with Crippen LogP contribution in [-0.4, -0.2) is 28.3 Å². The minimum absolute atomic E-state index is 0.192. The summed E-state index contributed by atoms with van der Waals surface area (Å²) >= 11 is 0. The van der Waals surface area contributed by atoms with Crippen LogP contribution in [0.15, 0.2) is 18.2 Å². The molecule has 0 spiro atoms. The highest BCUT2D eigenvalue weighted by Crippen LogP contribution is 2.34. The summed E-state index contributed by atoms with van der Waals surface area (Å²) < 4.78 is 12.2. The molecule has 1 aromatic heterocycles. The van der Waals surface area contributed by atoms with Crippen molar-refractivity contribution in [1.29, 1.82) is 0 Å². The second kappa shape index (κ2) is 5.99. The summed E-state index contributed by atoms with van der Waals surface area (Å²) in [6.07, 6.45) is 0. The Bertz CT molecular complexity index is 825. The van der Waals surface area contributed by atoms with Gasteiger partial charge in [0.25, 0.3) is 11.7 Å². The molecule has 3 rings (SSSR count). The van der Waals surface area contributed by atoms with Gasteiger partial charge in [-0.05, 0) is 38.5 Å². The second-order valence-electron chi connectivity index (χ2n) is 5.81. The van der Waals surface area contributed by atoms with E-state index in [2.05, 4.69) is 10.4 Å². The van der Waals surface area contributed by atoms with Crippen LogP contribution in [0.4, 0.5) is 0 Å². The standard InChI is InChI=1S/C17H19N3O4/c1-9(12-5-6-13-14(7-12)24-8-23-13)18-17(22)16(21)15-10(2)19-20(4)11(15)3/h5-7,9H,8H2,1-4H3,(H,18,22). The Labute approximate surface area is 139 Å². The van der Waals surface area contributed by atoms with Gasteiger partial charge in [-0.25, -0.2) is 0 Å². The van der Waals surface area contributed by atoms with Crippen molar-refractivity contribution in [2.24, 2.45) is 7.05 Å². The molecular weight excluding hydrogens is 310 g/mol. The molecule has 7 nitrogen and oxygen atoms in total. The first-order valence-electron chi connectivity index (χ1n) is 7.63. The van der Waals surface area contributed by atoms with Crippen molar-refractivity contribution in [3.63, 3.8) is 0 Å². The SMILES string of the molecule is Cc1nn(C)c(C)c1C(=O)C(=O)NC(C)c1ccc2c(c1)OCO2. The zero-order valence-corrected chi connectivity index (χ0v) is 14.0. The van der Waals surface area contributed by atoms with E-state index in [-0.39, 0.29) is 12.8 Å². The summed E-state index contributed by atoms with van der Waals surface area (Å²) in [7, 11) is 1.74. The molecule has 0 saturated heterocycles. The van der Waals surface area contributed by atoms with Gasteiger partial charge in [-0.1, -0.05) is 6.07 Å². The van der Waals surface area contributed by atoms with Crippen LogP contribution >= 0.6 is 0 Å². The Morgan fingerprint density at radius 1 is 1.25 bits per heavy atom. The van der Waals surface area contributed by atoms with Gasteiger partial charge in [-0.3, -0.25) is 14.3 Å². The van der Waals surface area contributed by atoms with Gasteiger partial charge in [0.1, 0.15) is 0 Å². The fourth-order valence-electron chi connectivity index (χ4n) is 2.74. The minimum Gasteiger partial charge on any atom is -0.454 e. The predicted octanol–water partition coefficient (Wildman–Crippen LogP) is 1.83. The third kappa shape index (κ3) is 2.73. The molecule has 2 aromatic rings. The van der Waals surface area contributed by atoms with E-state index in [0.29, 0.717) is 28.5 Å². The van der Waals surface area contributed by atoms with E-state index >= 15 is 0 Å². The van der Waals surface area contributed by atoms with Crippen LogP contribution in [0.2, 0.25) is 0 Å². The van der Waals surface area contributed by atoms with Crippen LogP contribution in [0.1, 0.15) is 40.3 Å².